The first-order valence-corrected chi connectivity index (χ1v) is 8.14. The maximum Gasteiger partial charge on any atom is 0.147 e. The van der Waals surface area contributed by atoms with Gasteiger partial charge in [-0.15, -0.1) is 0 Å². The fraction of sp³-hybridized carbons (Fsp3) is 1.00. The van der Waals surface area contributed by atoms with Crippen LogP contribution in [0.15, 0.2) is 0 Å². The summed E-state index contributed by atoms with van der Waals surface area (Å²) < 4.78 is 27.4. The van der Waals surface area contributed by atoms with Crippen molar-refractivity contribution in [3.63, 3.8) is 0 Å². The largest absolute Gasteiger partial charge is 0.377 e. The minimum absolute atomic E-state index is 0.267. The van der Waals surface area contributed by atoms with E-state index in [1.807, 2.05) is 0 Å². The molecule has 4 nitrogen and oxygen atoms in total. The van der Waals surface area contributed by atoms with E-state index in [-0.39, 0.29) is 5.75 Å². The van der Waals surface area contributed by atoms with Crippen molar-refractivity contribution in [3.05, 3.63) is 0 Å². The summed E-state index contributed by atoms with van der Waals surface area (Å²) in [5.41, 5.74) is 0. The molecule has 1 aliphatic rings. The molecule has 96 valence electrons. The fourth-order valence-electron chi connectivity index (χ4n) is 1.94. The molecule has 0 aromatic heterocycles. The second-order valence-corrected chi connectivity index (χ2v) is 6.77. The molecule has 0 amide bonds. The Morgan fingerprint density at radius 2 is 1.94 bits per heavy atom. The lowest BCUT2D eigenvalue weighted by Gasteiger charge is -2.11. The summed E-state index contributed by atoms with van der Waals surface area (Å²) in [4.78, 5) is 0. The van der Waals surface area contributed by atoms with Crippen LogP contribution >= 0.6 is 0 Å². The van der Waals surface area contributed by atoms with Gasteiger partial charge < -0.3 is 10.1 Å². The molecule has 0 unspecified atom stereocenters. The fourth-order valence-corrected chi connectivity index (χ4v) is 2.61. The van der Waals surface area contributed by atoms with Gasteiger partial charge in [0.25, 0.3) is 0 Å². The average Bonchev–Trinajstić information content (AvgIpc) is 2.67. The van der Waals surface area contributed by atoms with E-state index in [4.69, 9.17) is 4.74 Å². The van der Waals surface area contributed by atoms with Crippen LogP contribution in [0.1, 0.15) is 32.1 Å². The van der Waals surface area contributed by atoms with Crippen molar-refractivity contribution in [2.24, 2.45) is 0 Å². The van der Waals surface area contributed by atoms with Crippen LogP contribution < -0.4 is 5.32 Å². The highest BCUT2D eigenvalue weighted by molar-refractivity contribution is 7.90. The van der Waals surface area contributed by atoms with Gasteiger partial charge in [-0.1, -0.05) is 12.8 Å². The lowest BCUT2D eigenvalue weighted by atomic mass is 10.3. The van der Waals surface area contributed by atoms with Gasteiger partial charge in [-0.3, -0.25) is 0 Å². The summed E-state index contributed by atoms with van der Waals surface area (Å²) in [7, 11) is -2.80. The Morgan fingerprint density at radius 3 is 2.56 bits per heavy atom. The zero-order valence-electron chi connectivity index (χ0n) is 10.1. The Hall–Kier alpha value is -0.130. The summed E-state index contributed by atoms with van der Waals surface area (Å²) >= 11 is 0. The van der Waals surface area contributed by atoms with Gasteiger partial charge in [0.05, 0.1) is 18.5 Å². The van der Waals surface area contributed by atoms with Gasteiger partial charge in [0.1, 0.15) is 9.84 Å². The van der Waals surface area contributed by atoms with E-state index in [2.05, 4.69) is 5.32 Å². The molecule has 0 heterocycles. The Kier molecular flexibility index (Phi) is 6.31. The molecule has 0 saturated heterocycles. The first kappa shape index (κ1) is 13.9. The van der Waals surface area contributed by atoms with Crippen LogP contribution in [0.25, 0.3) is 0 Å². The van der Waals surface area contributed by atoms with Crippen molar-refractivity contribution in [1.82, 2.24) is 5.32 Å². The monoisotopic (exact) mass is 249 g/mol. The van der Waals surface area contributed by atoms with Gasteiger partial charge in [0.15, 0.2) is 0 Å². The molecule has 0 radical (unpaired) electrons. The van der Waals surface area contributed by atoms with Gasteiger partial charge in [-0.25, -0.2) is 8.42 Å². The summed E-state index contributed by atoms with van der Waals surface area (Å²) in [6.07, 6.45) is 7.43. The summed E-state index contributed by atoms with van der Waals surface area (Å²) in [5.74, 6) is 0.267. The van der Waals surface area contributed by atoms with E-state index in [0.29, 0.717) is 12.5 Å². The lowest BCUT2D eigenvalue weighted by molar-refractivity contribution is 0.0605. The Morgan fingerprint density at radius 1 is 1.25 bits per heavy atom. The Balaban J connectivity index is 1.84. The molecule has 5 heteroatoms. The van der Waals surface area contributed by atoms with E-state index in [1.165, 1.54) is 31.9 Å². The van der Waals surface area contributed by atoms with Crippen LogP contribution in [0.3, 0.4) is 0 Å². The molecular formula is C11H23NO3S. The zero-order valence-corrected chi connectivity index (χ0v) is 10.9. The Bertz CT molecular complexity index is 271. The third-order valence-corrected chi connectivity index (χ3v) is 3.83. The second kappa shape index (κ2) is 7.25. The number of nitrogens with one attached hydrogen (secondary N) is 1. The van der Waals surface area contributed by atoms with Gasteiger partial charge in [0, 0.05) is 12.8 Å². The summed E-state index contributed by atoms with van der Waals surface area (Å²) in [6, 6.07) is 0. The maximum absolute atomic E-state index is 10.8. The molecule has 0 atom stereocenters. The second-order valence-electron chi connectivity index (χ2n) is 4.51. The molecule has 1 rings (SSSR count). The number of hydrogen-bond acceptors (Lipinski definition) is 4. The van der Waals surface area contributed by atoms with Gasteiger partial charge in [0.2, 0.25) is 0 Å². The number of hydrogen-bond donors (Lipinski definition) is 1. The number of sulfone groups is 1. The van der Waals surface area contributed by atoms with Crippen LogP contribution in [-0.2, 0) is 14.6 Å². The summed E-state index contributed by atoms with van der Waals surface area (Å²) in [5, 5.41) is 3.19. The average molecular weight is 249 g/mol. The van der Waals surface area contributed by atoms with E-state index in [0.717, 1.165) is 19.7 Å². The predicted octanol–water partition coefficient (Wildman–Crippen LogP) is 0.970. The van der Waals surface area contributed by atoms with Crippen LogP contribution in [-0.4, -0.2) is 46.2 Å². The molecule has 1 saturated carbocycles. The van der Waals surface area contributed by atoms with E-state index < -0.39 is 9.84 Å². The molecular weight excluding hydrogens is 226 g/mol. The van der Waals surface area contributed by atoms with Gasteiger partial charge in [-0.05, 0) is 25.8 Å². The Labute approximate surface area is 98.7 Å². The maximum atomic E-state index is 10.8. The first-order valence-electron chi connectivity index (χ1n) is 6.08. The topological polar surface area (TPSA) is 55.4 Å². The normalized spacial score (nSPS) is 18.1. The third-order valence-electron chi connectivity index (χ3n) is 2.80. The molecule has 0 aliphatic heterocycles. The SMILES string of the molecule is CS(=O)(=O)CCCNCCOC1CCCC1. The summed E-state index contributed by atoms with van der Waals surface area (Å²) in [6.45, 7) is 2.31. The molecule has 16 heavy (non-hydrogen) atoms. The first-order chi connectivity index (χ1) is 7.58. The standard InChI is InChI=1S/C11H23NO3S/c1-16(13,14)10-4-7-12-8-9-15-11-5-2-3-6-11/h11-12H,2-10H2,1H3. The van der Waals surface area contributed by atoms with Crippen molar-refractivity contribution in [3.8, 4) is 0 Å². The molecule has 1 fully saturated rings. The molecule has 1 aliphatic carbocycles. The van der Waals surface area contributed by atoms with Crippen LogP contribution in [0.5, 0.6) is 0 Å². The van der Waals surface area contributed by atoms with Crippen LogP contribution in [0, 0.1) is 0 Å². The van der Waals surface area contributed by atoms with Crippen molar-refractivity contribution in [2.75, 3.05) is 31.7 Å². The van der Waals surface area contributed by atoms with Gasteiger partial charge in [-0.2, -0.15) is 0 Å². The number of ether oxygens (including phenoxy) is 1. The predicted molar refractivity (Wildman–Crippen MR) is 65.4 cm³/mol. The van der Waals surface area contributed by atoms with Crippen molar-refractivity contribution >= 4 is 9.84 Å². The van der Waals surface area contributed by atoms with E-state index in [9.17, 15) is 8.42 Å². The molecule has 1 N–H and O–H groups in total. The van der Waals surface area contributed by atoms with E-state index in [1.54, 1.807) is 0 Å². The smallest absolute Gasteiger partial charge is 0.147 e. The van der Waals surface area contributed by atoms with Crippen molar-refractivity contribution < 1.29 is 13.2 Å². The van der Waals surface area contributed by atoms with Crippen LogP contribution in [0.4, 0.5) is 0 Å². The van der Waals surface area contributed by atoms with Crippen molar-refractivity contribution in [2.45, 2.75) is 38.2 Å². The van der Waals surface area contributed by atoms with Crippen LogP contribution in [0.2, 0.25) is 0 Å². The van der Waals surface area contributed by atoms with Crippen molar-refractivity contribution in [1.29, 1.82) is 0 Å². The molecule has 0 aromatic carbocycles. The number of rotatable bonds is 8. The van der Waals surface area contributed by atoms with Gasteiger partial charge >= 0.3 is 0 Å². The molecule has 0 bridgehead atoms. The molecule has 0 aromatic rings. The third kappa shape index (κ3) is 7.19. The highest BCUT2D eigenvalue weighted by atomic mass is 32.2. The zero-order chi connectivity index (χ0) is 11.9. The quantitative estimate of drug-likeness (QED) is 0.651. The minimum Gasteiger partial charge on any atom is -0.377 e. The van der Waals surface area contributed by atoms with E-state index >= 15 is 0 Å². The lowest BCUT2D eigenvalue weighted by Crippen LogP contribution is -2.24. The highest BCUT2D eigenvalue weighted by Gasteiger charge is 2.14. The molecule has 0 spiro atoms. The highest BCUT2D eigenvalue weighted by Crippen LogP contribution is 2.20. The minimum atomic E-state index is -2.80.